The number of thiazole rings is 1. The third-order valence-electron chi connectivity index (χ3n) is 5.82. The van der Waals surface area contributed by atoms with E-state index in [9.17, 15) is 9.59 Å². The van der Waals surface area contributed by atoms with E-state index in [1.807, 2.05) is 35.7 Å². The Kier molecular flexibility index (Phi) is 7.09. The molecule has 2 aliphatic rings. The molecule has 3 heterocycles. The normalized spacial score (nSPS) is 17.6. The Hall–Kier alpha value is -2.58. The Bertz CT molecular complexity index is 934. The molecule has 164 valence electrons. The van der Waals surface area contributed by atoms with E-state index in [0.717, 1.165) is 48.9 Å². The molecule has 1 N–H and O–H groups in total. The van der Waals surface area contributed by atoms with Crippen molar-refractivity contribution in [2.75, 3.05) is 25.0 Å². The summed E-state index contributed by atoms with van der Waals surface area (Å²) in [6.07, 6.45) is 3.47. The van der Waals surface area contributed by atoms with Gasteiger partial charge in [-0.15, -0.1) is 11.3 Å². The molecule has 0 radical (unpaired) electrons. The molecule has 2 aliphatic heterocycles. The van der Waals surface area contributed by atoms with E-state index in [1.165, 1.54) is 29.2 Å². The molecule has 2 aromatic rings. The van der Waals surface area contributed by atoms with Crippen molar-refractivity contribution in [2.45, 2.75) is 45.6 Å². The molecule has 31 heavy (non-hydrogen) atoms. The minimum Gasteiger partial charge on any atom is -0.302 e. The Morgan fingerprint density at radius 2 is 1.90 bits per heavy atom. The Balaban J connectivity index is 1.21. The van der Waals surface area contributed by atoms with Crippen molar-refractivity contribution < 1.29 is 9.59 Å². The van der Waals surface area contributed by atoms with E-state index in [4.69, 9.17) is 0 Å². The average Bonchev–Trinajstić information content (AvgIpc) is 3.44. The summed E-state index contributed by atoms with van der Waals surface area (Å²) < 4.78 is 0. The number of hydrogen-bond donors (Lipinski definition) is 1. The number of nitrogens with one attached hydrogen (secondary N) is 1. The first-order chi connectivity index (χ1) is 15.1. The fourth-order valence-corrected chi connectivity index (χ4v) is 4.61. The lowest BCUT2D eigenvalue weighted by atomic mass is 9.99. The van der Waals surface area contributed by atoms with Crippen molar-refractivity contribution in [3.8, 4) is 0 Å². The van der Waals surface area contributed by atoms with Crippen LogP contribution in [0.25, 0.3) is 0 Å². The first-order valence-corrected chi connectivity index (χ1v) is 11.8. The van der Waals surface area contributed by atoms with Gasteiger partial charge in [-0.1, -0.05) is 37.3 Å². The summed E-state index contributed by atoms with van der Waals surface area (Å²) in [5, 5.41) is 11.4. The van der Waals surface area contributed by atoms with E-state index in [2.05, 4.69) is 27.2 Å². The highest BCUT2D eigenvalue weighted by Crippen LogP contribution is 2.21. The van der Waals surface area contributed by atoms with Crippen molar-refractivity contribution in [3.63, 3.8) is 0 Å². The summed E-state index contributed by atoms with van der Waals surface area (Å²) in [4.78, 5) is 31.7. The molecule has 1 saturated heterocycles. The van der Waals surface area contributed by atoms with Gasteiger partial charge in [-0.2, -0.15) is 5.10 Å². The predicted molar refractivity (Wildman–Crippen MR) is 123 cm³/mol. The number of hydrazone groups is 1. The SMILES string of the molecule is CC1CCN(Cc2csc(NC(=O)CCC(=O)N3CCC(c4ccccc4)=N3)n2)CC1. The molecule has 0 atom stereocenters. The molecular weight excluding hydrogens is 410 g/mol. The maximum atomic E-state index is 12.4. The van der Waals surface area contributed by atoms with Gasteiger partial charge in [0.2, 0.25) is 11.8 Å². The lowest BCUT2D eigenvalue weighted by Crippen LogP contribution is -2.32. The van der Waals surface area contributed by atoms with Crippen LogP contribution in [0.4, 0.5) is 5.13 Å². The number of rotatable bonds is 7. The molecule has 0 unspecified atom stereocenters. The predicted octanol–water partition coefficient (Wildman–Crippen LogP) is 3.73. The van der Waals surface area contributed by atoms with Crippen LogP contribution in [-0.2, 0) is 16.1 Å². The Morgan fingerprint density at radius 3 is 2.68 bits per heavy atom. The van der Waals surface area contributed by atoms with Crippen LogP contribution in [0.3, 0.4) is 0 Å². The number of carbonyl (C=O) groups is 2. The number of anilines is 1. The molecule has 4 rings (SSSR count). The molecule has 7 nitrogen and oxygen atoms in total. The van der Waals surface area contributed by atoms with Gasteiger partial charge in [0, 0.05) is 31.2 Å². The van der Waals surface area contributed by atoms with Crippen LogP contribution in [0, 0.1) is 5.92 Å². The van der Waals surface area contributed by atoms with Gasteiger partial charge in [-0.05, 0) is 37.4 Å². The van der Waals surface area contributed by atoms with Crippen LogP contribution in [0.5, 0.6) is 0 Å². The van der Waals surface area contributed by atoms with Crippen molar-refractivity contribution in [1.82, 2.24) is 14.9 Å². The molecule has 1 fully saturated rings. The Morgan fingerprint density at radius 1 is 1.13 bits per heavy atom. The molecule has 1 aromatic heterocycles. The molecule has 0 aliphatic carbocycles. The van der Waals surface area contributed by atoms with Gasteiger partial charge in [-0.3, -0.25) is 14.5 Å². The highest BCUT2D eigenvalue weighted by molar-refractivity contribution is 7.13. The van der Waals surface area contributed by atoms with E-state index >= 15 is 0 Å². The summed E-state index contributed by atoms with van der Waals surface area (Å²) >= 11 is 1.44. The minimum atomic E-state index is -0.187. The number of carbonyl (C=O) groups excluding carboxylic acids is 2. The second-order valence-electron chi connectivity index (χ2n) is 8.33. The number of aromatic nitrogens is 1. The molecule has 0 bridgehead atoms. The average molecular weight is 440 g/mol. The number of nitrogens with zero attached hydrogens (tertiary/aromatic N) is 4. The van der Waals surface area contributed by atoms with Crippen molar-refractivity contribution >= 4 is 34.0 Å². The maximum absolute atomic E-state index is 12.4. The number of amides is 2. The van der Waals surface area contributed by atoms with Crippen LogP contribution < -0.4 is 5.32 Å². The first-order valence-electron chi connectivity index (χ1n) is 11.0. The Labute approximate surface area is 187 Å². The van der Waals surface area contributed by atoms with Crippen molar-refractivity contribution in [2.24, 2.45) is 11.0 Å². The molecule has 2 amide bonds. The third-order valence-corrected chi connectivity index (χ3v) is 6.63. The fraction of sp³-hybridized carbons (Fsp3) is 0.478. The third kappa shape index (κ3) is 5.98. The highest BCUT2D eigenvalue weighted by atomic mass is 32.1. The quantitative estimate of drug-likeness (QED) is 0.713. The lowest BCUT2D eigenvalue weighted by molar-refractivity contribution is -0.132. The van der Waals surface area contributed by atoms with Crippen LogP contribution in [0.15, 0.2) is 40.8 Å². The maximum Gasteiger partial charge on any atom is 0.243 e. The summed E-state index contributed by atoms with van der Waals surface area (Å²) in [6.45, 7) is 5.90. The zero-order valence-electron chi connectivity index (χ0n) is 17.9. The smallest absolute Gasteiger partial charge is 0.243 e. The highest BCUT2D eigenvalue weighted by Gasteiger charge is 2.22. The van der Waals surface area contributed by atoms with Crippen LogP contribution >= 0.6 is 11.3 Å². The number of hydrogen-bond acceptors (Lipinski definition) is 6. The molecule has 8 heteroatoms. The topological polar surface area (TPSA) is 77.9 Å². The number of benzene rings is 1. The van der Waals surface area contributed by atoms with E-state index < -0.39 is 0 Å². The molecule has 0 spiro atoms. The monoisotopic (exact) mass is 439 g/mol. The van der Waals surface area contributed by atoms with Gasteiger partial charge >= 0.3 is 0 Å². The van der Waals surface area contributed by atoms with Gasteiger partial charge in [0.25, 0.3) is 0 Å². The zero-order chi connectivity index (χ0) is 21.6. The number of likely N-dealkylation sites (tertiary alicyclic amines) is 1. The van der Waals surface area contributed by atoms with Crippen LogP contribution in [0.2, 0.25) is 0 Å². The van der Waals surface area contributed by atoms with Gasteiger partial charge in [0.1, 0.15) is 0 Å². The van der Waals surface area contributed by atoms with Crippen molar-refractivity contribution in [3.05, 3.63) is 47.0 Å². The minimum absolute atomic E-state index is 0.125. The summed E-state index contributed by atoms with van der Waals surface area (Å²) in [7, 11) is 0. The molecule has 1 aromatic carbocycles. The second kappa shape index (κ2) is 10.2. The molecule has 0 saturated carbocycles. The summed E-state index contributed by atoms with van der Waals surface area (Å²) in [5.41, 5.74) is 2.94. The zero-order valence-corrected chi connectivity index (χ0v) is 18.7. The van der Waals surface area contributed by atoms with E-state index in [-0.39, 0.29) is 24.7 Å². The van der Waals surface area contributed by atoms with E-state index in [1.54, 1.807) is 0 Å². The van der Waals surface area contributed by atoms with Gasteiger partial charge in [0.05, 0.1) is 18.0 Å². The van der Waals surface area contributed by atoms with Gasteiger partial charge in [0.15, 0.2) is 5.13 Å². The molecular formula is C23H29N5O2S. The largest absolute Gasteiger partial charge is 0.302 e. The van der Waals surface area contributed by atoms with Gasteiger partial charge < -0.3 is 5.32 Å². The van der Waals surface area contributed by atoms with E-state index in [0.29, 0.717) is 11.7 Å². The van der Waals surface area contributed by atoms with Crippen LogP contribution in [-0.4, -0.2) is 52.1 Å². The fourth-order valence-electron chi connectivity index (χ4n) is 3.89. The van der Waals surface area contributed by atoms with Crippen LogP contribution in [0.1, 0.15) is 50.3 Å². The lowest BCUT2D eigenvalue weighted by Gasteiger charge is -2.29. The summed E-state index contributed by atoms with van der Waals surface area (Å²) in [6, 6.07) is 9.87. The second-order valence-corrected chi connectivity index (χ2v) is 9.19. The first kappa shape index (κ1) is 21.6. The van der Waals surface area contributed by atoms with Crippen molar-refractivity contribution in [1.29, 1.82) is 0 Å². The van der Waals surface area contributed by atoms with Gasteiger partial charge in [-0.25, -0.2) is 9.99 Å². The number of piperidine rings is 1. The summed E-state index contributed by atoms with van der Waals surface area (Å²) in [5.74, 6) is 0.494. The standard InChI is InChI=1S/C23H29N5O2S/c1-17-9-12-27(13-10-17)15-19-16-31-23(24-19)25-21(29)7-8-22(30)28-14-11-20(26-28)18-5-3-2-4-6-18/h2-6,16-17H,7-15H2,1H3,(H,24,25,29).